The van der Waals surface area contributed by atoms with Crippen LogP contribution >= 0.6 is 11.8 Å². The van der Waals surface area contributed by atoms with Gasteiger partial charge in [0.2, 0.25) is 0 Å². The van der Waals surface area contributed by atoms with Crippen LogP contribution in [0.5, 0.6) is 0 Å². The third-order valence-electron chi connectivity index (χ3n) is 2.69. The Bertz CT molecular complexity index is 348. The minimum absolute atomic E-state index is 0.212. The zero-order valence-electron chi connectivity index (χ0n) is 8.50. The Balaban J connectivity index is 2.23. The Morgan fingerprint density at radius 2 is 2.43 bits per heavy atom. The molecule has 76 valence electrons. The molecule has 2 rings (SSSR count). The lowest BCUT2D eigenvalue weighted by atomic mass is 9.96. The molecule has 0 aromatic carbocycles. The molecule has 1 fully saturated rings. The highest BCUT2D eigenvalue weighted by Gasteiger charge is 2.38. The van der Waals surface area contributed by atoms with E-state index < -0.39 is 0 Å². The standard InChI is InChI=1S/C11H14O2S/c1-8-6-9(7-13-8)10(12)11(2)4-3-5-14-11/h6-7H,3-5H2,1-2H3. The molecule has 0 bridgehead atoms. The van der Waals surface area contributed by atoms with Crippen molar-refractivity contribution in [1.82, 2.24) is 0 Å². The third kappa shape index (κ3) is 1.61. The van der Waals surface area contributed by atoms with Crippen LogP contribution in [0.1, 0.15) is 35.9 Å². The summed E-state index contributed by atoms with van der Waals surface area (Å²) in [6, 6.07) is 1.83. The van der Waals surface area contributed by atoms with E-state index in [2.05, 4.69) is 0 Å². The summed E-state index contributed by atoms with van der Waals surface area (Å²) in [7, 11) is 0. The zero-order chi connectivity index (χ0) is 10.2. The van der Waals surface area contributed by atoms with E-state index in [1.807, 2.05) is 19.9 Å². The molecule has 2 nitrogen and oxygen atoms in total. The van der Waals surface area contributed by atoms with Gasteiger partial charge >= 0.3 is 0 Å². The number of furan rings is 1. The summed E-state index contributed by atoms with van der Waals surface area (Å²) >= 11 is 1.77. The summed E-state index contributed by atoms with van der Waals surface area (Å²) in [5.74, 6) is 2.12. The van der Waals surface area contributed by atoms with Crippen LogP contribution in [0.15, 0.2) is 16.7 Å². The molecule has 1 aromatic rings. The van der Waals surface area contributed by atoms with Gasteiger partial charge in [0.15, 0.2) is 5.78 Å². The van der Waals surface area contributed by atoms with Gasteiger partial charge in [-0.2, -0.15) is 0 Å². The molecule has 2 heterocycles. The topological polar surface area (TPSA) is 30.2 Å². The number of carbonyl (C=O) groups is 1. The van der Waals surface area contributed by atoms with Gasteiger partial charge in [-0.1, -0.05) is 0 Å². The first-order valence-corrected chi connectivity index (χ1v) is 5.84. The van der Waals surface area contributed by atoms with Crippen LogP contribution in [0.2, 0.25) is 0 Å². The second-order valence-corrected chi connectivity index (χ2v) is 5.56. The van der Waals surface area contributed by atoms with Gasteiger partial charge in [-0.25, -0.2) is 0 Å². The number of ketones is 1. The molecule has 1 aromatic heterocycles. The maximum absolute atomic E-state index is 12.1. The molecule has 1 atom stereocenters. The first-order chi connectivity index (χ1) is 6.62. The number of hydrogen-bond acceptors (Lipinski definition) is 3. The van der Waals surface area contributed by atoms with E-state index in [-0.39, 0.29) is 10.5 Å². The summed E-state index contributed by atoms with van der Waals surface area (Å²) in [5, 5.41) is 0. The summed E-state index contributed by atoms with van der Waals surface area (Å²) in [6.45, 7) is 3.90. The van der Waals surface area contributed by atoms with Gasteiger partial charge in [-0.3, -0.25) is 4.79 Å². The van der Waals surface area contributed by atoms with Gasteiger partial charge in [0.25, 0.3) is 0 Å². The van der Waals surface area contributed by atoms with Crippen LogP contribution in [0.25, 0.3) is 0 Å². The van der Waals surface area contributed by atoms with Crippen molar-refractivity contribution in [3.8, 4) is 0 Å². The van der Waals surface area contributed by atoms with Gasteiger partial charge in [0.05, 0.1) is 10.3 Å². The zero-order valence-corrected chi connectivity index (χ0v) is 9.32. The van der Waals surface area contributed by atoms with E-state index in [9.17, 15) is 4.79 Å². The minimum Gasteiger partial charge on any atom is -0.469 e. The fourth-order valence-corrected chi connectivity index (χ4v) is 3.10. The number of thioether (sulfide) groups is 1. The van der Waals surface area contributed by atoms with E-state index in [1.54, 1.807) is 18.0 Å². The second-order valence-electron chi connectivity index (χ2n) is 3.96. The van der Waals surface area contributed by atoms with Crippen LogP contribution in [0.4, 0.5) is 0 Å². The Kier molecular flexibility index (Phi) is 2.43. The van der Waals surface area contributed by atoms with Crippen molar-refractivity contribution in [1.29, 1.82) is 0 Å². The third-order valence-corrected chi connectivity index (χ3v) is 4.21. The van der Waals surface area contributed by atoms with Crippen molar-refractivity contribution in [2.45, 2.75) is 31.4 Å². The van der Waals surface area contributed by atoms with Crippen molar-refractivity contribution in [2.24, 2.45) is 0 Å². The summed E-state index contributed by atoms with van der Waals surface area (Å²) in [6.07, 6.45) is 3.70. The van der Waals surface area contributed by atoms with Crippen molar-refractivity contribution in [2.75, 3.05) is 5.75 Å². The number of carbonyl (C=O) groups excluding carboxylic acids is 1. The van der Waals surface area contributed by atoms with Crippen LogP contribution in [-0.2, 0) is 0 Å². The van der Waals surface area contributed by atoms with Crippen molar-refractivity contribution in [3.63, 3.8) is 0 Å². The molecular weight excluding hydrogens is 196 g/mol. The smallest absolute Gasteiger partial charge is 0.181 e. The lowest BCUT2D eigenvalue weighted by Gasteiger charge is -2.19. The molecule has 0 saturated carbocycles. The molecule has 0 amide bonds. The van der Waals surface area contributed by atoms with Gasteiger partial charge in [0, 0.05) is 0 Å². The largest absolute Gasteiger partial charge is 0.469 e. The number of rotatable bonds is 2. The van der Waals surface area contributed by atoms with Gasteiger partial charge in [-0.15, -0.1) is 11.8 Å². The first-order valence-electron chi connectivity index (χ1n) is 4.86. The molecule has 14 heavy (non-hydrogen) atoms. The van der Waals surface area contributed by atoms with E-state index >= 15 is 0 Å². The van der Waals surface area contributed by atoms with Crippen LogP contribution in [0.3, 0.4) is 0 Å². The molecule has 1 saturated heterocycles. The SMILES string of the molecule is Cc1cc(C(=O)C2(C)CCCS2)co1. The van der Waals surface area contributed by atoms with Crippen LogP contribution in [0, 0.1) is 6.92 Å². The Labute approximate surface area is 88.1 Å². The van der Waals surface area contributed by atoms with E-state index in [0.717, 1.165) is 29.9 Å². The maximum Gasteiger partial charge on any atom is 0.181 e. The molecule has 3 heteroatoms. The normalized spacial score (nSPS) is 26.7. The van der Waals surface area contributed by atoms with Crippen molar-refractivity contribution in [3.05, 3.63) is 23.7 Å². The lowest BCUT2D eigenvalue weighted by molar-refractivity contribution is 0.0948. The highest BCUT2D eigenvalue weighted by atomic mass is 32.2. The molecule has 1 aliphatic rings. The molecular formula is C11H14O2S. The van der Waals surface area contributed by atoms with E-state index in [0.29, 0.717) is 0 Å². The number of aryl methyl sites for hydroxylation is 1. The lowest BCUT2D eigenvalue weighted by Crippen LogP contribution is -2.28. The van der Waals surface area contributed by atoms with E-state index in [1.165, 1.54) is 0 Å². The number of Topliss-reactive ketones (excluding diaryl/α,β-unsaturated/α-hetero) is 1. The summed E-state index contributed by atoms with van der Waals surface area (Å²) in [5.41, 5.74) is 0.722. The quantitative estimate of drug-likeness (QED) is 0.703. The van der Waals surface area contributed by atoms with Crippen molar-refractivity contribution >= 4 is 17.5 Å². The average Bonchev–Trinajstić information content (AvgIpc) is 2.74. The summed E-state index contributed by atoms with van der Waals surface area (Å²) in [4.78, 5) is 12.1. The van der Waals surface area contributed by atoms with Crippen molar-refractivity contribution < 1.29 is 9.21 Å². The highest BCUT2D eigenvalue weighted by molar-refractivity contribution is 8.01. The molecule has 1 aliphatic heterocycles. The Morgan fingerprint density at radius 3 is 2.93 bits per heavy atom. The fraction of sp³-hybridized carbons (Fsp3) is 0.545. The Morgan fingerprint density at radius 1 is 1.64 bits per heavy atom. The van der Waals surface area contributed by atoms with E-state index in [4.69, 9.17) is 4.42 Å². The van der Waals surface area contributed by atoms with Gasteiger partial charge in [0.1, 0.15) is 12.0 Å². The Hall–Kier alpha value is -0.700. The van der Waals surface area contributed by atoms with Crippen LogP contribution in [-0.4, -0.2) is 16.3 Å². The second kappa shape index (κ2) is 3.46. The summed E-state index contributed by atoms with van der Waals surface area (Å²) < 4.78 is 4.95. The highest BCUT2D eigenvalue weighted by Crippen LogP contribution is 2.40. The molecule has 0 N–H and O–H groups in total. The average molecular weight is 210 g/mol. The molecule has 0 radical (unpaired) electrons. The van der Waals surface area contributed by atoms with Gasteiger partial charge < -0.3 is 4.42 Å². The maximum atomic E-state index is 12.1. The molecule has 0 spiro atoms. The minimum atomic E-state index is -0.212. The van der Waals surface area contributed by atoms with Gasteiger partial charge in [-0.05, 0) is 38.5 Å². The fourth-order valence-electron chi connectivity index (χ4n) is 1.83. The monoisotopic (exact) mass is 210 g/mol. The number of hydrogen-bond donors (Lipinski definition) is 0. The predicted molar refractivity (Wildman–Crippen MR) is 57.9 cm³/mol. The first kappa shape index (κ1) is 9.84. The molecule has 1 unspecified atom stereocenters. The van der Waals surface area contributed by atoms with Crippen LogP contribution < -0.4 is 0 Å². The predicted octanol–water partition coefficient (Wildman–Crippen LogP) is 3.06. The molecule has 0 aliphatic carbocycles.